The number of benzene rings is 1. The molecular weight excluding hydrogens is 288 g/mol. The van der Waals surface area contributed by atoms with Crippen LogP contribution >= 0.6 is 0 Å². The Labute approximate surface area is 121 Å². The third-order valence-electron chi connectivity index (χ3n) is 2.97. The third-order valence-corrected chi connectivity index (χ3v) is 4.36. The van der Waals surface area contributed by atoms with E-state index in [9.17, 15) is 8.42 Å². The lowest BCUT2D eigenvalue weighted by Crippen LogP contribution is -2.15. The quantitative estimate of drug-likeness (QED) is 0.771. The minimum absolute atomic E-state index is 0.110. The molecule has 0 aliphatic carbocycles. The van der Waals surface area contributed by atoms with Crippen molar-refractivity contribution in [3.63, 3.8) is 0 Å². The summed E-state index contributed by atoms with van der Waals surface area (Å²) in [4.78, 5) is 8.22. The first kappa shape index (κ1) is 13.3. The van der Waals surface area contributed by atoms with Crippen LogP contribution in [0.2, 0.25) is 0 Å². The molecule has 21 heavy (non-hydrogen) atoms. The molecule has 0 saturated heterocycles. The van der Waals surface area contributed by atoms with Crippen molar-refractivity contribution in [3.8, 4) is 0 Å². The van der Waals surface area contributed by atoms with Gasteiger partial charge in [0.05, 0.1) is 16.1 Å². The molecule has 0 radical (unpaired) electrons. The van der Waals surface area contributed by atoms with Crippen LogP contribution in [0.15, 0.2) is 59.8 Å². The molecule has 0 fully saturated rings. The second-order valence-corrected chi connectivity index (χ2v) is 6.02. The maximum Gasteiger partial charge on any atom is 0.263 e. The van der Waals surface area contributed by atoms with Crippen molar-refractivity contribution in [2.45, 2.75) is 4.90 Å². The van der Waals surface area contributed by atoms with E-state index in [4.69, 9.17) is 5.73 Å². The smallest absolute Gasteiger partial charge is 0.263 e. The summed E-state index contributed by atoms with van der Waals surface area (Å²) in [6, 6.07) is 11.5. The Morgan fingerprint density at radius 3 is 2.52 bits per heavy atom. The highest BCUT2D eigenvalue weighted by atomic mass is 32.2. The lowest BCUT2D eigenvalue weighted by Gasteiger charge is -2.10. The number of nitrogens with two attached hydrogens (primary N) is 1. The van der Waals surface area contributed by atoms with Gasteiger partial charge in [0.1, 0.15) is 0 Å². The second kappa shape index (κ2) is 5.02. The predicted octanol–water partition coefficient (Wildman–Crippen LogP) is 2.01. The number of sulfonamides is 1. The van der Waals surface area contributed by atoms with E-state index < -0.39 is 10.0 Å². The zero-order chi connectivity index (χ0) is 14.9. The summed E-state index contributed by atoms with van der Waals surface area (Å²) in [5, 5.41) is 0.544. The van der Waals surface area contributed by atoms with Crippen molar-refractivity contribution in [2.75, 3.05) is 10.5 Å². The zero-order valence-corrected chi connectivity index (χ0v) is 11.7. The van der Waals surface area contributed by atoms with E-state index in [-0.39, 0.29) is 16.4 Å². The van der Waals surface area contributed by atoms with E-state index in [2.05, 4.69) is 14.7 Å². The van der Waals surface area contributed by atoms with Crippen LogP contribution in [0.5, 0.6) is 0 Å². The number of rotatable bonds is 3. The average Bonchev–Trinajstić information content (AvgIpc) is 2.49. The van der Waals surface area contributed by atoms with Crippen LogP contribution in [0.25, 0.3) is 10.9 Å². The number of aromatic nitrogens is 2. The van der Waals surface area contributed by atoms with Gasteiger partial charge < -0.3 is 5.73 Å². The molecular formula is C14H12N4O2S. The number of nitrogens with zero attached hydrogens (tertiary/aromatic N) is 2. The standard InChI is InChI=1S/C14H12N4O2S/c15-11-5-3-9-17-14(11)18-21(19,20)13-7-1-6-12-10(13)4-2-8-16-12/h1-9H,15H2,(H,17,18). The monoisotopic (exact) mass is 300 g/mol. The summed E-state index contributed by atoms with van der Waals surface area (Å²) in [5.74, 6) is 0.110. The fourth-order valence-corrected chi connectivity index (χ4v) is 3.25. The van der Waals surface area contributed by atoms with Crippen molar-refractivity contribution in [3.05, 3.63) is 54.9 Å². The average molecular weight is 300 g/mol. The van der Waals surface area contributed by atoms with E-state index >= 15 is 0 Å². The zero-order valence-electron chi connectivity index (χ0n) is 10.9. The van der Waals surface area contributed by atoms with E-state index in [1.54, 1.807) is 42.6 Å². The maximum atomic E-state index is 12.5. The molecule has 1 aromatic carbocycles. The molecule has 0 bridgehead atoms. The first-order chi connectivity index (χ1) is 10.1. The number of hydrogen-bond acceptors (Lipinski definition) is 5. The normalized spacial score (nSPS) is 11.4. The molecule has 3 N–H and O–H groups in total. The Morgan fingerprint density at radius 2 is 1.71 bits per heavy atom. The first-order valence-electron chi connectivity index (χ1n) is 6.15. The Balaban J connectivity index is 2.11. The van der Waals surface area contributed by atoms with E-state index in [0.717, 1.165) is 0 Å². The van der Waals surface area contributed by atoms with Crippen LogP contribution < -0.4 is 10.5 Å². The number of pyridine rings is 2. The summed E-state index contributed by atoms with van der Waals surface area (Å²) < 4.78 is 27.5. The van der Waals surface area contributed by atoms with Crippen molar-refractivity contribution in [1.29, 1.82) is 0 Å². The highest BCUT2D eigenvalue weighted by Gasteiger charge is 2.19. The number of hydrogen-bond donors (Lipinski definition) is 2. The predicted molar refractivity (Wildman–Crippen MR) is 81.2 cm³/mol. The molecule has 0 aliphatic rings. The van der Waals surface area contributed by atoms with Crippen molar-refractivity contribution < 1.29 is 8.42 Å². The molecule has 2 aromatic heterocycles. The molecule has 7 heteroatoms. The van der Waals surface area contributed by atoms with Gasteiger partial charge >= 0.3 is 0 Å². The molecule has 6 nitrogen and oxygen atoms in total. The van der Waals surface area contributed by atoms with Gasteiger partial charge in [-0.25, -0.2) is 13.4 Å². The van der Waals surface area contributed by atoms with Gasteiger partial charge in [-0.3, -0.25) is 9.71 Å². The first-order valence-corrected chi connectivity index (χ1v) is 7.63. The van der Waals surface area contributed by atoms with Crippen LogP contribution in [0.1, 0.15) is 0 Å². The van der Waals surface area contributed by atoms with Crippen LogP contribution in [-0.2, 0) is 10.0 Å². The van der Waals surface area contributed by atoms with Crippen LogP contribution in [0, 0.1) is 0 Å². The van der Waals surface area contributed by atoms with Crippen molar-refractivity contribution in [2.24, 2.45) is 0 Å². The Bertz CT molecular complexity index is 904. The van der Waals surface area contributed by atoms with Crippen LogP contribution in [-0.4, -0.2) is 18.4 Å². The fourth-order valence-electron chi connectivity index (χ4n) is 1.99. The van der Waals surface area contributed by atoms with E-state index in [1.165, 1.54) is 12.3 Å². The van der Waals surface area contributed by atoms with Gasteiger partial charge in [0.25, 0.3) is 10.0 Å². The second-order valence-electron chi connectivity index (χ2n) is 4.37. The topological polar surface area (TPSA) is 98.0 Å². The van der Waals surface area contributed by atoms with Crippen LogP contribution in [0.4, 0.5) is 11.5 Å². The van der Waals surface area contributed by atoms with Gasteiger partial charge in [0.2, 0.25) is 0 Å². The minimum atomic E-state index is -3.79. The Morgan fingerprint density at radius 1 is 0.952 bits per heavy atom. The number of fused-ring (bicyclic) bond motifs is 1. The molecule has 106 valence electrons. The van der Waals surface area contributed by atoms with Crippen molar-refractivity contribution >= 4 is 32.4 Å². The van der Waals surface area contributed by atoms with Gasteiger partial charge in [0, 0.05) is 17.8 Å². The lowest BCUT2D eigenvalue weighted by molar-refractivity contribution is 0.602. The van der Waals surface area contributed by atoms with Gasteiger partial charge in [-0.15, -0.1) is 0 Å². The van der Waals surface area contributed by atoms with Crippen LogP contribution in [0.3, 0.4) is 0 Å². The Hall–Kier alpha value is -2.67. The highest BCUT2D eigenvalue weighted by Crippen LogP contribution is 2.24. The number of anilines is 2. The van der Waals surface area contributed by atoms with Gasteiger partial charge in [-0.05, 0) is 36.4 Å². The number of nitrogen functional groups attached to an aromatic ring is 1. The molecule has 0 amide bonds. The highest BCUT2D eigenvalue weighted by molar-refractivity contribution is 7.93. The van der Waals surface area contributed by atoms with Gasteiger partial charge in [0.15, 0.2) is 5.82 Å². The molecule has 0 atom stereocenters. The Kier molecular flexibility index (Phi) is 3.19. The summed E-state index contributed by atoms with van der Waals surface area (Å²) >= 11 is 0. The summed E-state index contributed by atoms with van der Waals surface area (Å²) in [6.45, 7) is 0. The van der Waals surface area contributed by atoms with Gasteiger partial charge in [-0.2, -0.15) is 0 Å². The molecule has 2 heterocycles. The molecule has 3 rings (SSSR count). The summed E-state index contributed by atoms with van der Waals surface area (Å²) in [7, 11) is -3.79. The number of nitrogens with one attached hydrogen (secondary N) is 1. The molecule has 0 saturated carbocycles. The summed E-state index contributed by atoms with van der Waals surface area (Å²) in [5.41, 5.74) is 6.59. The SMILES string of the molecule is Nc1cccnc1NS(=O)(=O)c1cccc2ncccc12. The molecule has 0 unspecified atom stereocenters. The van der Waals surface area contributed by atoms with E-state index in [1.807, 2.05) is 0 Å². The lowest BCUT2D eigenvalue weighted by atomic mass is 10.2. The summed E-state index contributed by atoms with van der Waals surface area (Å²) in [6.07, 6.45) is 3.09. The molecule has 0 aliphatic heterocycles. The molecule has 0 spiro atoms. The van der Waals surface area contributed by atoms with Gasteiger partial charge in [-0.1, -0.05) is 6.07 Å². The molecule has 3 aromatic rings. The fraction of sp³-hybridized carbons (Fsp3) is 0. The maximum absolute atomic E-state index is 12.5. The van der Waals surface area contributed by atoms with Crippen molar-refractivity contribution in [1.82, 2.24) is 9.97 Å². The third kappa shape index (κ3) is 2.50. The van der Waals surface area contributed by atoms with E-state index in [0.29, 0.717) is 10.9 Å². The largest absolute Gasteiger partial charge is 0.396 e. The minimum Gasteiger partial charge on any atom is -0.396 e.